The zero-order chi connectivity index (χ0) is 8.55. The molecule has 2 heterocycles. The number of nitrogens with one attached hydrogen (secondary N) is 1. The van der Waals surface area contributed by atoms with E-state index in [4.69, 9.17) is 0 Å². The Labute approximate surface area is 69.4 Å². The highest BCUT2D eigenvalue weighted by Gasteiger charge is 2.01. The van der Waals surface area contributed by atoms with Crippen molar-refractivity contribution in [2.45, 2.75) is 6.92 Å². The maximum absolute atomic E-state index is 10.5. The third-order valence-corrected chi connectivity index (χ3v) is 1.86. The summed E-state index contributed by atoms with van der Waals surface area (Å²) >= 11 is 0. The second-order valence-corrected chi connectivity index (χ2v) is 2.69. The number of rotatable bonds is 1. The van der Waals surface area contributed by atoms with Gasteiger partial charge in [0.15, 0.2) is 6.29 Å². The standard InChI is InChI=1S/C9H8N2O/c1-6-9-7(2-3-10-9)4-8(5-12)11-6/h2-5,10H,1H3. The average molecular weight is 160 g/mol. The first-order chi connectivity index (χ1) is 5.81. The summed E-state index contributed by atoms with van der Waals surface area (Å²) in [5.41, 5.74) is 2.35. The molecule has 0 aliphatic rings. The summed E-state index contributed by atoms with van der Waals surface area (Å²) in [6.07, 6.45) is 2.60. The smallest absolute Gasteiger partial charge is 0.168 e. The number of carbonyl (C=O) groups excluding carboxylic acids is 1. The predicted molar refractivity (Wildman–Crippen MR) is 46.2 cm³/mol. The van der Waals surface area contributed by atoms with E-state index in [1.54, 1.807) is 6.07 Å². The van der Waals surface area contributed by atoms with Crippen LogP contribution >= 0.6 is 0 Å². The average Bonchev–Trinajstić information content (AvgIpc) is 2.52. The van der Waals surface area contributed by atoms with Crippen LogP contribution in [-0.2, 0) is 0 Å². The van der Waals surface area contributed by atoms with Crippen molar-refractivity contribution in [2.24, 2.45) is 0 Å². The van der Waals surface area contributed by atoms with Crippen LogP contribution in [0.25, 0.3) is 10.9 Å². The molecule has 2 aromatic heterocycles. The Hall–Kier alpha value is -1.64. The van der Waals surface area contributed by atoms with E-state index in [9.17, 15) is 4.79 Å². The lowest BCUT2D eigenvalue weighted by molar-refractivity contribution is 0.111. The second kappa shape index (κ2) is 2.44. The first-order valence-corrected chi connectivity index (χ1v) is 3.71. The van der Waals surface area contributed by atoms with Crippen LogP contribution in [0.2, 0.25) is 0 Å². The summed E-state index contributed by atoms with van der Waals surface area (Å²) in [5.74, 6) is 0. The fourth-order valence-corrected chi connectivity index (χ4v) is 1.32. The summed E-state index contributed by atoms with van der Waals surface area (Å²) in [5, 5.41) is 1.03. The number of aromatic amines is 1. The molecule has 12 heavy (non-hydrogen) atoms. The summed E-state index contributed by atoms with van der Waals surface area (Å²) in [6.45, 7) is 1.88. The van der Waals surface area contributed by atoms with Gasteiger partial charge in [-0.2, -0.15) is 0 Å². The lowest BCUT2D eigenvalue weighted by Crippen LogP contribution is -1.90. The molecule has 0 unspecified atom stereocenters. The molecule has 0 fully saturated rings. The molecule has 0 aliphatic carbocycles. The highest BCUT2D eigenvalue weighted by atomic mass is 16.1. The third kappa shape index (κ3) is 0.906. The van der Waals surface area contributed by atoms with Gasteiger partial charge in [0, 0.05) is 11.6 Å². The van der Waals surface area contributed by atoms with Crippen molar-refractivity contribution in [3.63, 3.8) is 0 Å². The summed E-state index contributed by atoms with van der Waals surface area (Å²) in [7, 11) is 0. The SMILES string of the molecule is Cc1nc(C=O)cc2cc[nH]c12. The Morgan fingerprint density at radius 3 is 3.17 bits per heavy atom. The Kier molecular flexibility index (Phi) is 1.43. The van der Waals surface area contributed by atoms with Crippen molar-refractivity contribution < 1.29 is 4.79 Å². The van der Waals surface area contributed by atoms with Crippen LogP contribution in [0, 0.1) is 6.92 Å². The minimum atomic E-state index is 0.486. The van der Waals surface area contributed by atoms with Crippen LogP contribution in [-0.4, -0.2) is 16.3 Å². The molecule has 0 saturated carbocycles. The van der Waals surface area contributed by atoms with Gasteiger partial charge >= 0.3 is 0 Å². The number of carbonyl (C=O) groups is 1. The molecule has 0 amide bonds. The van der Waals surface area contributed by atoms with Gasteiger partial charge in [-0.15, -0.1) is 0 Å². The van der Waals surface area contributed by atoms with E-state index in [1.807, 2.05) is 19.2 Å². The van der Waals surface area contributed by atoms with E-state index < -0.39 is 0 Å². The Morgan fingerprint density at radius 2 is 2.42 bits per heavy atom. The van der Waals surface area contributed by atoms with Crippen molar-refractivity contribution in [1.82, 2.24) is 9.97 Å². The minimum absolute atomic E-state index is 0.486. The van der Waals surface area contributed by atoms with Crippen LogP contribution < -0.4 is 0 Å². The minimum Gasteiger partial charge on any atom is -0.360 e. The number of fused-ring (bicyclic) bond motifs is 1. The fourth-order valence-electron chi connectivity index (χ4n) is 1.32. The van der Waals surface area contributed by atoms with Crippen LogP contribution in [0.15, 0.2) is 18.3 Å². The number of hydrogen-bond acceptors (Lipinski definition) is 2. The zero-order valence-corrected chi connectivity index (χ0v) is 6.66. The van der Waals surface area contributed by atoms with E-state index in [0.29, 0.717) is 5.69 Å². The van der Waals surface area contributed by atoms with Gasteiger partial charge in [0.05, 0.1) is 11.2 Å². The number of nitrogens with zero attached hydrogens (tertiary/aromatic N) is 1. The number of pyridine rings is 1. The zero-order valence-electron chi connectivity index (χ0n) is 6.66. The normalized spacial score (nSPS) is 10.4. The highest BCUT2D eigenvalue weighted by Crippen LogP contribution is 2.14. The Bertz CT molecular complexity index is 431. The van der Waals surface area contributed by atoms with Crippen molar-refractivity contribution >= 4 is 17.2 Å². The van der Waals surface area contributed by atoms with Gasteiger partial charge in [0.25, 0.3) is 0 Å². The Balaban J connectivity index is 2.83. The topological polar surface area (TPSA) is 45.8 Å². The molecule has 2 rings (SSSR count). The summed E-state index contributed by atoms with van der Waals surface area (Å²) < 4.78 is 0. The van der Waals surface area contributed by atoms with Crippen molar-refractivity contribution in [1.29, 1.82) is 0 Å². The van der Waals surface area contributed by atoms with Crippen LogP contribution in [0.5, 0.6) is 0 Å². The van der Waals surface area contributed by atoms with E-state index in [1.165, 1.54) is 0 Å². The molecule has 3 heteroatoms. The van der Waals surface area contributed by atoms with E-state index in [2.05, 4.69) is 9.97 Å². The van der Waals surface area contributed by atoms with Crippen molar-refractivity contribution in [3.8, 4) is 0 Å². The van der Waals surface area contributed by atoms with Crippen molar-refractivity contribution in [3.05, 3.63) is 29.7 Å². The molecule has 0 radical (unpaired) electrons. The number of aryl methyl sites for hydroxylation is 1. The van der Waals surface area contributed by atoms with Gasteiger partial charge in [0.1, 0.15) is 5.69 Å². The van der Waals surface area contributed by atoms with Gasteiger partial charge < -0.3 is 4.98 Å². The molecule has 0 saturated heterocycles. The Morgan fingerprint density at radius 1 is 1.58 bits per heavy atom. The molecule has 0 aliphatic heterocycles. The third-order valence-electron chi connectivity index (χ3n) is 1.86. The molecule has 3 nitrogen and oxygen atoms in total. The molecule has 60 valence electrons. The largest absolute Gasteiger partial charge is 0.360 e. The quantitative estimate of drug-likeness (QED) is 0.645. The van der Waals surface area contributed by atoms with E-state index in [-0.39, 0.29) is 0 Å². The predicted octanol–water partition coefficient (Wildman–Crippen LogP) is 1.68. The van der Waals surface area contributed by atoms with Crippen molar-refractivity contribution in [2.75, 3.05) is 0 Å². The van der Waals surface area contributed by atoms with Gasteiger partial charge in [0.2, 0.25) is 0 Å². The maximum Gasteiger partial charge on any atom is 0.168 e. The molecule has 0 aromatic carbocycles. The van der Waals surface area contributed by atoms with Crippen LogP contribution in [0.1, 0.15) is 16.2 Å². The van der Waals surface area contributed by atoms with Gasteiger partial charge in [-0.3, -0.25) is 4.79 Å². The first-order valence-electron chi connectivity index (χ1n) is 3.71. The van der Waals surface area contributed by atoms with Gasteiger partial charge in [-0.05, 0) is 19.1 Å². The van der Waals surface area contributed by atoms with E-state index >= 15 is 0 Å². The molecular formula is C9H8N2O. The maximum atomic E-state index is 10.5. The first kappa shape index (κ1) is 7.03. The van der Waals surface area contributed by atoms with Gasteiger partial charge in [-0.25, -0.2) is 4.98 Å². The molecule has 0 spiro atoms. The lowest BCUT2D eigenvalue weighted by Gasteiger charge is -1.96. The van der Waals surface area contributed by atoms with Crippen LogP contribution in [0.4, 0.5) is 0 Å². The van der Waals surface area contributed by atoms with Gasteiger partial charge in [-0.1, -0.05) is 0 Å². The molecule has 0 atom stereocenters. The number of aldehydes is 1. The molecule has 0 bridgehead atoms. The highest BCUT2D eigenvalue weighted by molar-refractivity contribution is 5.86. The lowest BCUT2D eigenvalue weighted by atomic mass is 10.2. The van der Waals surface area contributed by atoms with Crippen LogP contribution in [0.3, 0.4) is 0 Å². The number of aromatic nitrogens is 2. The summed E-state index contributed by atoms with van der Waals surface area (Å²) in [4.78, 5) is 17.6. The monoisotopic (exact) mass is 160 g/mol. The fraction of sp³-hybridized carbons (Fsp3) is 0.111. The molecule has 2 aromatic rings. The summed E-state index contributed by atoms with van der Waals surface area (Å²) in [6, 6.07) is 3.70. The number of H-pyrrole nitrogens is 1. The molecular weight excluding hydrogens is 152 g/mol. The molecule has 1 N–H and O–H groups in total. The number of hydrogen-bond donors (Lipinski definition) is 1. The second-order valence-electron chi connectivity index (χ2n) is 2.69. The van der Waals surface area contributed by atoms with E-state index in [0.717, 1.165) is 22.9 Å².